The fourth-order valence-corrected chi connectivity index (χ4v) is 0.924. The van der Waals surface area contributed by atoms with Crippen LogP contribution in [0.25, 0.3) is 5.57 Å². The van der Waals surface area contributed by atoms with Crippen LogP contribution in [0.4, 0.5) is 13.2 Å². The molecule has 0 N–H and O–H groups in total. The Kier molecular flexibility index (Phi) is 3.14. The quantitative estimate of drug-likeness (QED) is 0.561. The Hall–Kier alpha value is -1.78. The van der Waals surface area contributed by atoms with E-state index < -0.39 is 12.3 Å². The molecule has 0 bridgehead atoms. The van der Waals surface area contributed by atoms with E-state index in [-0.39, 0.29) is 5.57 Å². The molecule has 5 heteroatoms. The first kappa shape index (κ1) is 11.3. The van der Waals surface area contributed by atoms with Crippen molar-refractivity contribution in [3.8, 4) is 0 Å². The zero-order valence-electron chi connectivity index (χ0n) is 7.54. The number of alkyl halides is 3. The summed E-state index contributed by atoms with van der Waals surface area (Å²) in [4.78, 5) is 10.9. The Balaban J connectivity index is 2.75. The topological polar surface area (TPSA) is 26.3 Å². The maximum absolute atomic E-state index is 11.7. The summed E-state index contributed by atoms with van der Waals surface area (Å²) in [5, 5.41) is 0. The zero-order valence-corrected chi connectivity index (χ0v) is 7.54. The van der Waals surface area contributed by atoms with Crippen molar-refractivity contribution in [3.05, 3.63) is 42.5 Å². The van der Waals surface area contributed by atoms with Gasteiger partial charge >= 0.3 is 12.3 Å². The minimum Gasteiger partial charge on any atom is -0.369 e. The number of carbonyl (C=O) groups excluding carboxylic acids is 1. The van der Waals surface area contributed by atoms with E-state index in [4.69, 9.17) is 0 Å². The Bertz CT molecular complexity index is 368. The zero-order chi connectivity index (χ0) is 11.5. The van der Waals surface area contributed by atoms with Gasteiger partial charge in [0, 0.05) is 0 Å². The van der Waals surface area contributed by atoms with Crippen molar-refractivity contribution in [2.45, 2.75) is 6.36 Å². The molecule has 80 valence electrons. The van der Waals surface area contributed by atoms with Gasteiger partial charge in [0.1, 0.15) is 0 Å². The molecule has 0 saturated heterocycles. The first-order chi connectivity index (χ1) is 6.90. The lowest BCUT2D eigenvalue weighted by molar-refractivity contribution is -0.302. The number of ether oxygens (including phenoxy) is 1. The molecule has 0 aliphatic heterocycles. The molecule has 0 heterocycles. The van der Waals surface area contributed by atoms with Crippen LogP contribution in [-0.2, 0) is 9.53 Å². The third kappa shape index (κ3) is 3.46. The SMILES string of the molecule is C=C(C(=O)OC(F)(F)F)c1ccccc1. The molecule has 0 aromatic heterocycles. The van der Waals surface area contributed by atoms with Crippen molar-refractivity contribution >= 4 is 11.5 Å². The van der Waals surface area contributed by atoms with E-state index in [1.807, 2.05) is 0 Å². The van der Waals surface area contributed by atoms with Gasteiger partial charge in [-0.3, -0.25) is 0 Å². The third-order valence-electron chi connectivity index (χ3n) is 1.58. The summed E-state index contributed by atoms with van der Waals surface area (Å²) in [5.74, 6) is -1.49. The molecular weight excluding hydrogens is 209 g/mol. The minimum absolute atomic E-state index is 0.298. The van der Waals surface area contributed by atoms with Crippen LogP contribution in [0.2, 0.25) is 0 Å². The van der Waals surface area contributed by atoms with Crippen LogP contribution in [-0.4, -0.2) is 12.3 Å². The average Bonchev–Trinajstić information content (AvgIpc) is 2.15. The van der Waals surface area contributed by atoms with E-state index in [1.54, 1.807) is 18.2 Å². The van der Waals surface area contributed by atoms with Gasteiger partial charge in [-0.25, -0.2) is 4.79 Å². The van der Waals surface area contributed by atoms with Crippen LogP contribution < -0.4 is 0 Å². The highest BCUT2D eigenvalue weighted by Crippen LogP contribution is 2.21. The summed E-state index contributed by atoms with van der Waals surface area (Å²) in [6.07, 6.45) is -4.98. The second kappa shape index (κ2) is 4.16. The average molecular weight is 216 g/mol. The van der Waals surface area contributed by atoms with Crippen LogP contribution in [0, 0.1) is 0 Å². The fourth-order valence-electron chi connectivity index (χ4n) is 0.924. The molecule has 1 aromatic rings. The minimum atomic E-state index is -4.98. The summed E-state index contributed by atoms with van der Waals surface area (Å²) in [7, 11) is 0. The summed E-state index contributed by atoms with van der Waals surface area (Å²) < 4.78 is 38.3. The molecule has 2 nitrogen and oxygen atoms in total. The van der Waals surface area contributed by atoms with Crippen molar-refractivity contribution in [1.29, 1.82) is 0 Å². The Morgan fingerprint density at radius 2 is 1.73 bits per heavy atom. The van der Waals surface area contributed by atoms with Gasteiger partial charge in [-0.05, 0) is 5.56 Å². The molecule has 0 saturated carbocycles. The highest BCUT2D eigenvalue weighted by Gasteiger charge is 2.34. The summed E-state index contributed by atoms with van der Waals surface area (Å²) in [6.45, 7) is 3.23. The lowest BCUT2D eigenvalue weighted by atomic mass is 10.1. The number of hydrogen-bond acceptors (Lipinski definition) is 2. The number of halogens is 3. The first-order valence-electron chi connectivity index (χ1n) is 3.94. The summed E-state index contributed by atoms with van der Waals surface area (Å²) >= 11 is 0. The number of carbonyl (C=O) groups is 1. The Labute approximate surface area is 84.0 Å². The van der Waals surface area contributed by atoms with Crippen molar-refractivity contribution in [3.63, 3.8) is 0 Å². The Morgan fingerprint density at radius 1 is 1.20 bits per heavy atom. The lowest BCUT2D eigenvalue weighted by Crippen LogP contribution is -2.19. The van der Waals surface area contributed by atoms with E-state index in [0.29, 0.717) is 5.56 Å². The van der Waals surface area contributed by atoms with Gasteiger partial charge in [-0.2, -0.15) is 0 Å². The predicted molar refractivity (Wildman–Crippen MR) is 47.6 cm³/mol. The normalized spacial score (nSPS) is 10.9. The molecule has 0 radical (unpaired) electrons. The standard InChI is InChI=1S/C10H7F3O2/c1-7(8-5-3-2-4-6-8)9(14)15-10(11,12)13/h2-6H,1H2. The molecule has 0 aliphatic carbocycles. The highest BCUT2D eigenvalue weighted by molar-refractivity contribution is 6.15. The molecule has 0 fully saturated rings. The molecule has 0 amide bonds. The molecule has 0 unspecified atom stereocenters. The predicted octanol–water partition coefficient (Wildman–Crippen LogP) is 2.76. The van der Waals surface area contributed by atoms with Crippen molar-refractivity contribution < 1.29 is 22.7 Å². The van der Waals surface area contributed by atoms with Crippen molar-refractivity contribution in [1.82, 2.24) is 0 Å². The molecule has 15 heavy (non-hydrogen) atoms. The molecule has 0 atom stereocenters. The molecule has 1 rings (SSSR count). The highest BCUT2D eigenvalue weighted by atomic mass is 19.4. The third-order valence-corrected chi connectivity index (χ3v) is 1.58. The maximum atomic E-state index is 11.7. The van der Waals surface area contributed by atoms with Crippen LogP contribution >= 0.6 is 0 Å². The van der Waals surface area contributed by atoms with Gasteiger partial charge in [-0.15, -0.1) is 13.2 Å². The summed E-state index contributed by atoms with van der Waals surface area (Å²) in [6, 6.07) is 7.79. The molecular formula is C10H7F3O2. The van der Waals surface area contributed by atoms with Gasteiger partial charge in [-0.1, -0.05) is 36.9 Å². The second-order valence-corrected chi connectivity index (χ2v) is 2.68. The van der Waals surface area contributed by atoms with Gasteiger partial charge < -0.3 is 4.74 Å². The van der Waals surface area contributed by atoms with Gasteiger partial charge in [0.25, 0.3) is 0 Å². The smallest absolute Gasteiger partial charge is 0.369 e. The fraction of sp³-hybridized carbons (Fsp3) is 0.100. The van der Waals surface area contributed by atoms with Crippen LogP contribution in [0.15, 0.2) is 36.9 Å². The van der Waals surface area contributed by atoms with Crippen LogP contribution in [0.1, 0.15) is 5.56 Å². The molecule has 0 aliphatic rings. The van der Waals surface area contributed by atoms with Crippen molar-refractivity contribution in [2.75, 3.05) is 0 Å². The monoisotopic (exact) mass is 216 g/mol. The second-order valence-electron chi connectivity index (χ2n) is 2.68. The van der Waals surface area contributed by atoms with Crippen LogP contribution in [0.3, 0.4) is 0 Å². The molecule has 1 aromatic carbocycles. The Morgan fingerprint density at radius 3 is 2.20 bits per heavy atom. The van der Waals surface area contributed by atoms with Crippen molar-refractivity contribution in [2.24, 2.45) is 0 Å². The van der Waals surface area contributed by atoms with E-state index in [9.17, 15) is 18.0 Å². The lowest BCUT2D eigenvalue weighted by Gasteiger charge is -2.08. The van der Waals surface area contributed by atoms with E-state index in [2.05, 4.69) is 11.3 Å². The number of benzene rings is 1. The van der Waals surface area contributed by atoms with Crippen LogP contribution in [0.5, 0.6) is 0 Å². The largest absolute Gasteiger partial charge is 0.575 e. The first-order valence-corrected chi connectivity index (χ1v) is 3.94. The molecule has 0 spiro atoms. The number of rotatable bonds is 2. The van der Waals surface area contributed by atoms with Gasteiger partial charge in [0.15, 0.2) is 0 Å². The van der Waals surface area contributed by atoms with Gasteiger partial charge in [0.2, 0.25) is 0 Å². The van der Waals surface area contributed by atoms with E-state index in [1.165, 1.54) is 12.1 Å². The number of esters is 1. The number of hydrogen-bond donors (Lipinski definition) is 0. The maximum Gasteiger partial charge on any atom is 0.575 e. The van der Waals surface area contributed by atoms with Gasteiger partial charge in [0.05, 0.1) is 5.57 Å². The summed E-state index contributed by atoms with van der Waals surface area (Å²) in [5.41, 5.74) is -0.0281. The van der Waals surface area contributed by atoms with E-state index in [0.717, 1.165) is 0 Å². The van der Waals surface area contributed by atoms with E-state index >= 15 is 0 Å².